The number of hydrogen-bond acceptors (Lipinski definition) is 2. The van der Waals surface area contributed by atoms with Crippen molar-refractivity contribution in [3.05, 3.63) is 102 Å². The van der Waals surface area contributed by atoms with Crippen LogP contribution in [0.1, 0.15) is 50.7 Å². The maximum Gasteiger partial charge on any atom is 0.165 e. The first-order chi connectivity index (χ1) is 15.6. The second kappa shape index (κ2) is 11.5. The normalized spacial score (nSPS) is 12.7. The van der Waals surface area contributed by atoms with Crippen LogP contribution in [-0.2, 0) is 11.8 Å². The quantitative estimate of drug-likeness (QED) is 0.268. The Morgan fingerprint density at radius 1 is 0.906 bits per heavy atom. The molecule has 2 nitrogen and oxygen atoms in total. The van der Waals surface area contributed by atoms with E-state index in [0.29, 0.717) is 12.4 Å². The Labute approximate surface area is 191 Å². The van der Waals surface area contributed by atoms with E-state index in [1.54, 1.807) is 0 Å². The van der Waals surface area contributed by atoms with Gasteiger partial charge in [0.2, 0.25) is 0 Å². The SMILES string of the molecule is C=CC(CCC)(CCCc1ccc(F)c(Oc2ccccc2)c1)c1ccc(OCC)cc1. The lowest BCUT2D eigenvalue weighted by Gasteiger charge is -2.31. The Morgan fingerprint density at radius 2 is 1.66 bits per heavy atom. The summed E-state index contributed by atoms with van der Waals surface area (Å²) >= 11 is 0. The standard InChI is InChI=1S/C29H33FO2/c1-4-20-29(5-2,24-15-17-25(18-16-24)31-6-3)21-10-11-23-14-19-27(30)28(22-23)32-26-12-8-7-9-13-26/h5,7-9,12-19,22H,2,4,6,10-11,20-21H2,1,3H3. The highest BCUT2D eigenvalue weighted by Crippen LogP contribution is 2.37. The van der Waals surface area contributed by atoms with Gasteiger partial charge < -0.3 is 9.47 Å². The van der Waals surface area contributed by atoms with Gasteiger partial charge in [-0.1, -0.05) is 55.8 Å². The summed E-state index contributed by atoms with van der Waals surface area (Å²) in [6.45, 7) is 9.04. The molecule has 1 unspecified atom stereocenters. The van der Waals surface area contributed by atoms with Crippen LogP contribution in [0.15, 0.2) is 85.5 Å². The first kappa shape index (κ1) is 23.6. The number of para-hydroxylation sites is 1. The Balaban J connectivity index is 1.70. The van der Waals surface area contributed by atoms with E-state index in [0.717, 1.165) is 43.4 Å². The molecule has 168 valence electrons. The summed E-state index contributed by atoms with van der Waals surface area (Å²) in [5.41, 5.74) is 2.26. The van der Waals surface area contributed by atoms with Crippen molar-refractivity contribution in [3.8, 4) is 17.2 Å². The molecule has 0 spiro atoms. The van der Waals surface area contributed by atoms with E-state index in [1.807, 2.05) is 61.5 Å². The first-order valence-electron chi connectivity index (χ1n) is 11.5. The molecule has 0 N–H and O–H groups in total. The van der Waals surface area contributed by atoms with Crippen LogP contribution in [0.3, 0.4) is 0 Å². The maximum absolute atomic E-state index is 14.3. The third-order valence-electron chi connectivity index (χ3n) is 5.88. The van der Waals surface area contributed by atoms with Gasteiger partial charge in [-0.05, 0) is 80.1 Å². The molecule has 3 heteroatoms. The fraction of sp³-hybridized carbons (Fsp3) is 0.310. The van der Waals surface area contributed by atoms with Gasteiger partial charge in [0.25, 0.3) is 0 Å². The number of hydrogen-bond donors (Lipinski definition) is 0. The molecule has 0 amide bonds. The Morgan fingerprint density at radius 3 is 2.31 bits per heavy atom. The number of halogens is 1. The predicted octanol–water partition coefficient (Wildman–Crippen LogP) is 8.26. The Hall–Kier alpha value is -3.07. The molecule has 0 aliphatic heterocycles. The number of ether oxygens (including phenoxy) is 2. The van der Waals surface area contributed by atoms with Crippen LogP contribution in [0.25, 0.3) is 0 Å². The topological polar surface area (TPSA) is 18.5 Å². The molecule has 0 bridgehead atoms. The fourth-order valence-corrected chi connectivity index (χ4v) is 4.24. The van der Waals surface area contributed by atoms with Gasteiger partial charge in [-0.3, -0.25) is 0 Å². The van der Waals surface area contributed by atoms with Crippen molar-refractivity contribution in [2.45, 2.75) is 51.4 Å². The number of benzene rings is 3. The minimum atomic E-state index is -0.349. The average molecular weight is 433 g/mol. The zero-order chi connectivity index (χ0) is 22.8. The van der Waals surface area contributed by atoms with Crippen molar-refractivity contribution >= 4 is 0 Å². The fourth-order valence-electron chi connectivity index (χ4n) is 4.24. The lowest BCUT2D eigenvalue weighted by molar-refractivity contribution is 0.339. The molecule has 0 aromatic heterocycles. The maximum atomic E-state index is 14.3. The monoisotopic (exact) mass is 432 g/mol. The molecule has 0 aliphatic carbocycles. The van der Waals surface area contributed by atoms with Crippen LogP contribution in [0.4, 0.5) is 4.39 Å². The number of aryl methyl sites for hydroxylation is 1. The van der Waals surface area contributed by atoms with Crippen molar-refractivity contribution < 1.29 is 13.9 Å². The summed E-state index contributed by atoms with van der Waals surface area (Å²) in [4.78, 5) is 0. The van der Waals surface area contributed by atoms with Gasteiger partial charge in [-0.15, -0.1) is 6.58 Å². The summed E-state index contributed by atoms with van der Waals surface area (Å²) in [7, 11) is 0. The largest absolute Gasteiger partial charge is 0.494 e. The van der Waals surface area contributed by atoms with Crippen molar-refractivity contribution in [1.82, 2.24) is 0 Å². The van der Waals surface area contributed by atoms with Gasteiger partial charge in [0.1, 0.15) is 11.5 Å². The second-order valence-corrected chi connectivity index (χ2v) is 8.10. The third-order valence-corrected chi connectivity index (χ3v) is 5.88. The molecule has 3 rings (SSSR count). The van der Waals surface area contributed by atoms with E-state index in [9.17, 15) is 4.39 Å². The molecule has 0 saturated heterocycles. The van der Waals surface area contributed by atoms with Crippen molar-refractivity contribution in [2.75, 3.05) is 6.61 Å². The van der Waals surface area contributed by atoms with Gasteiger partial charge in [0.05, 0.1) is 6.61 Å². The van der Waals surface area contributed by atoms with Crippen molar-refractivity contribution in [3.63, 3.8) is 0 Å². The molecule has 0 heterocycles. The van der Waals surface area contributed by atoms with Gasteiger partial charge in [0.15, 0.2) is 11.6 Å². The van der Waals surface area contributed by atoms with E-state index >= 15 is 0 Å². The predicted molar refractivity (Wildman–Crippen MR) is 130 cm³/mol. The lowest BCUT2D eigenvalue weighted by Crippen LogP contribution is -2.23. The zero-order valence-electron chi connectivity index (χ0n) is 19.1. The van der Waals surface area contributed by atoms with Crippen LogP contribution in [-0.4, -0.2) is 6.61 Å². The Kier molecular flexibility index (Phi) is 8.49. The highest BCUT2D eigenvalue weighted by Gasteiger charge is 2.27. The van der Waals surface area contributed by atoms with Crippen molar-refractivity contribution in [1.29, 1.82) is 0 Å². The van der Waals surface area contributed by atoms with Gasteiger partial charge in [-0.2, -0.15) is 0 Å². The van der Waals surface area contributed by atoms with Gasteiger partial charge in [-0.25, -0.2) is 4.39 Å². The van der Waals surface area contributed by atoms with E-state index < -0.39 is 0 Å². The van der Waals surface area contributed by atoms with E-state index in [-0.39, 0.29) is 17.0 Å². The van der Waals surface area contributed by atoms with Gasteiger partial charge >= 0.3 is 0 Å². The average Bonchev–Trinajstić information content (AvgIpc) is 2.82. The first-order valence-corrected chi connectivity index (χ1v) is 11.5. The third kappa shape index (κ3) is 6.00. The highest BCUT2D eigenvalue weighted by atomic mass is 19.1. The van der Waals surface area contributed by atoms with Crippen LogP contribution in [0.2, 0.25) is 0 Å². The smallest absolute Gasteiger partial charge is 0.165 e. The van der Waals surface area contributed by atoms with Crippen LogP contribution >= 0.6 is 0 Å². The molecule has 32 heavy (non-hydrogen) atoms. The minimum Gasteiger partial charge on any atom is -0.494 e. The molecule has 1 atom stereocenters. The summed E-state index contributed by atoms with van der Waals surface area (Å²) in [5.74, 6) is 1.44. The minimum absolute atomic E-state index is 0.0805. The summed E-state index contributed by atoms with van der Waals surface area (Å²) in [6, 6.07) is 22.9. The van der Waals surface area contributed by atoms with Crippen LogP contribution in [0.5, 0.6) is 17.2 Å². The molecular formula is C29H33FO2. The van der Waals surface area contributed by atoms with Gasteiger partial charge in [0, 0.05) is 5.41 Å². The number of rotatable bonds is 12. The molecule has 0 saturated carbocycles. The lowest BCUT2D eigenvalue weighted by atomic mass is 9.73. The Bertz CT molecular complexity index is 982. The molecule has 3 aromatic rings. The molecule has 3 aromatic carbocycles. The molecule has 0 fully saturated rings. The molecular weight excluding hydrogens is 399 g/mol. The van der Waals surface area contributed by atoms with E-state index in [2.05, 4.69) is 31.7 Å². The molecule has 0 aliphatic rings. The summed E-state index contributed by atoms with van der Waals surface area (Å²) in [6.07, 6.45) is 7.00. The molecule has 0 radical (unpaired) electrons. The highest BCUT2D eigenvalue weighted by molar-refractivity contribution is 5.37. The zero-order valence-corrected chi connectivity index (χ0v) is 19.1. The van der Waals surface area contributed by atoms with Crippen molar-refractivity contribution in [2.24, 2.45) is 0 Å². The van der Waals surface area contributed by atoms with E-state index in [1.165, 1.54) is 11.6 Å². The summed E-state index contributed by atoms with van der Waals surface area (Å²) in [5, 5.41) is 0. The van der Waals surface area contributed by atoms with Crippen LogP contribution < -0.4 is 9.47 Å². The second-order valence-electron chi connectivity index (χ2n) is 8.10. The van der Waals surface area contributed by atoms with Crippen LogP contribution in [0, 0.1) is 5.82 Å². The van der Waals surface area contributed by atoms with E-state index in [4.69, 9.17) is 9.47 Å². The number of allylic oxidation sites excluding steroid dienone is 1. The summed E-state index contributed by atoms with van der Waals surface area (Å²) < 4.78 is 25.6.